The van der Waals surface area contributed by atoms with E-state index in [4.69, 9.17) is 9.72 Å². The zero-order valence-electron chi connectivity index (χ0n) is 23.4. The van der Waals surface area contributed by atoms with Gasteiger partial charge in [-0.05, 0) is 66.7 Å². The number of pyridine rings is 1. The van der Waals surface area contributed by atoms with E-state index in [1.165, 1.54) is 5.56 Å². The summed E-state index contributed by atoms with van der Waals surface area (Å²) in [6.45, 7) is 2.26. The minimum atomic E-state index is -0.617. The maximum atomic E-state index is 12.5. The monoisotopic (exact) mass is 541 g/mol. The third kappa shape index (κ3) is 5.53. The average molecular weight is 542 g/mol. The number of benzene rings is 4. The number of ether oxygens (including phenoxy) is 1. The number of hydrogen-bond donors (Lipinski definition) is 1. The first kappa shape index (κ1) is 26.9. The van der Waals surface area contributed by atoms with Gasteiger partial charge in [0.1, 0.15) is 0 Å². The van der Waals surface area contributed by atoms with Gasteiger partial charge in [0.25, 0.3) is 0 Å². The molecule has 1 aliphatic carbocycles. The zero-order chi connectivity index (χ0) is 28.2. The molecule has 41 heavy (non-hydrogen) atoms. The van der Waals surface area contributed by atoms with Gasteiger partial charge >= 0.3 is 5.97 Å². The van der Waals surface area contributed by atoms with Crippen LogP contribution < -0.4 is 0 Å². The van der Waals surface area contributed by atoms with E-state index in [-0.39, 0.29) is 5.97 Å². The molecular formula is C37H35NO3. The smallest absolute Gasteiger partial charge is 0.316 e. The minimum absolute atomic E-state index is 0.113. The molecule has 206 valence electrons. The van der Waals surface area contributed by atoms with Crippen LogP contribution in [0.25, 0.3) is 33.2 Å². The zero-order valence-corrected chi connectivity index (χ0v) is 23.4. The molecule has 0 saturated heterocycles. The lowest BCUT2D eigenvalue weighted by Crippen LogP contribution is -2.23. The second-order valence-corrected chi connectivity index (χ2v) is 11.0. The van der Waals surface area contributed by atoms with E-state index in [1.54, 1.807) is 0 Å². The van der Waals surface area contributed by atoms with E-state index < -0.39 is 11.5 Å². The van der Waals surface area contributed by atoms with Crippen LogP contribution in [0.4, 0.5) is 0 Å². The van der Waals surface area contributed by atoms with Crippen LogP contribution in [0.1, 0.15) is 55.4 Å². The highest BCUT2D eigenvalue weighted by Crippen LogP contribution is 2.49. The third-order valence-corrected chi connectivity index (χ3v) is 8.30. The molecule has 0 bridgehead atoms. The first-order chi connectivity index (χ1) is 20.1. The number of carbonyl (C=O) groups is 1. The summed E-state index contributed by atoms with van der Waals surface area (Å²) in [5, 5.41) is 13.5. The number of aryl methyl sites for hydroxylation is 1. The van der Waals surface area contributed by atoms with Crippen molar-refractivity contribution in [3.05, 3.63) is 126 Å². The van der Waals surface area contributed by atoms with Gasteiger partial charge in [0.05, 0.1) is 23.8 Å². The maximum absolute atomic E-state index is 12.5. The molecular weight excluding hydrogens is 506 g/mol. The number of rotatable bonds is 10. The van der Waals surface area contributed by atoms with E-state index in [2.05, 4.69) is 78.9 Å². The number of aliphatic hydroxyl groups is 1. The summed E-state index contributed by atoms with van der Waals surface area (Å²) in [7, 11) is 0. The lowest BCUT2D eigenvalue weighted by molar-refractivity contribution is -0.146. The molecule has 1 saturated carbocycles. The number of carbonyl (C=O) groups excluding carboxylic acids is 1. The second kappa shape index (κ2) is 11.7. The van der Waals surface area contributed by atoms with Crippen molar-refractivity contribution in [2.24, 2.45) is 0 Å². The second-order valence-electron chi connectivity index (χ2n) is 11.0. The molecule has 0 aliphatic heterocycles. The van der Waals surface area contributed by atoms with Crippen LogP contribution in [-0.2, 0) is 21.4 Å². The number of hydrogen-bond acceptors (Lipinski definition) is 4. The number of aromatic nitrogens is 1. The normalized spacial score (nSPS) is 14.5. The molecule has 1 aromatic heterocycles. The van der Waals surface area contributed by atoms with Crippen LogP contribution in [0.3, 0.4) is 0 Å². The quantitative estimate of drug-likeness (QED) is 0.181. The molecule has 1 atom stereocenters. The molecule has 1 fully saturated rings. The van der Waals surface area contributed by atoms with Crippen molar-refractivity contribution in [2.75, 3.05) is 6.61 Å². The topological polar surface area (TPSA) is 59.4 Å². The predicted octanol–water partition coefficient (Wildman–Crippen LogP) is 8.22. The summed E-state index contributed by atoms with van der Waals surface area (Å²) in [4.78, 5) is 17.3. The Kier molecular flexibility index (Phi) is 7.67. The van der Waals surface area contributed by atoms with Gasteiger partial charge in [0.15, 0.2) is 0 Å². The van der Waals surface area contributed by atoms with Gasteiger partial charge < -0.3 is 9.84 Å². The van der Waals surface area contributed by atoms with Crippen molar-refractivity contribution in [1.82, 2.24) is 4.98 Å². The van der Waals surface area contributed by atoms with Gasteiger partial charge in [0.2, 0.25) is 0 Å². The van der Waals surface area contributed by atoms with Crippen LogP contribution in [0.5, 0.6) is 0 Å². The van der Waals surface area contributed by atoms with Gasteiger partial charge in [-0.3, -0.25) is 9.78 Å². The van der Waals surface area contributed by atoms with Crippen molar-refractivity contribution in [3.63, 3.8) is 0 Å². The fraction of sp³-hybridized carbons (Fsp3) is 0.243. The Balaban J connectivity index is 1.25. The van der Waals surface area contributed by atoms with E-state index in [0.29, 0.717) is 13.0 Å². The summed E-state index contributed by atoms with van der Waals surface area (Å²) < 4.78 is 5.33. The van der Waals surface area contributed by atoms with Crippen molar-refractivity contribution in [1.29, 1.82) is 0 Å². The molecule has 4 heteroatoms. The average Bonchev–Trinajstić information content (AvgIpc) is 3.84. The Hall–Kier alpha value is -4.28. The SMILES string of the molecule is CCOC(=O)C1(c2ccc(-c3ccc(-c4ncc5ccccc5c4C(O)CCCc4ccccc4)cc3)cc2)CC1. The number of aliphatic hydroxyl groups excluding tert-OH is 1. The number of nitrogens with zero attached hydrogens (tertiary/aromatic N) is 1. The fourth-order valence-electron chi connectivity index (χ4n) is 5.85. The van der Waals surface area contributed by atoms with E-state index >= 15 is 0 Å². The summed E-state index contributed by atoms with van der Waals surface area (Å²) in [5.41, 5.74) is 6.73. The Morgan fingerprint density at radius 3 is 2.17 bits per heavy atom. The molecule has 0 radical (unpaired) electrons. The van der Waals surface area contributed by atoms with Crippen LogP contribution in [-0.4, -0.2) is 22.7 Å². The Morgan fingerprint density at radius 1 is 0.854 bits per heavy atom. The summed E-state index contributed by atoms with van der Waals surface area (Å²) in [5.74, 6) is -0.113. The number of esters is 1. The molecule has 6 rings (SSSR count). The van der Waals surface area contributed by atoms with Crippen molar-refractivity contribution in [2.45, 2.75) is 50.5 Å². The Labute approximate surface area is 241 Å². The fourth-order valence-corrected chi connectivity index (χ4v) is 5.85. The van der Waals surface area contributed by atoms with Crippen molar-refractivity contribution >= 4 is 16.7 Å². The third-order valence-electron chi connectivity index (χ3n) is 8.30. The first-order valence-electron chi connectivity index (χ1n) is 14.6. The maximum Gasteiger partial charge on any atom is 0.316 e. The lowest BCUT2D eigenvalue weighted by Gasteiger charge is -2.18. The summed E-state index contributed by atoms with van der Waals surface area (Å²) >= 11 is 0. The molecule has 4 nitrogen and oxygen atoms in total. The predicted molar refractivity (Wildman–Crippen MR) is 164 cm³/mol. The van der Waals surface area contributed by atoms with Crippen molar-refractivity contribution < 1.29 is 14.6 Å². The molecule has 4 aromatic carbocycles. The van der Waals surface area contributed by atoms with E-state index in [9.17, 15) is 9.90 Å². The molecule has 1 heterocycles. The number of fused-ring (bicyclic) bond motifs is 1. The largest absolute Gasteiger partial charge is 0.465 e. The highest BCUT2D eigenvalue weighted by Gasteiger charge is 2.52. The van der Waals surface area contributed by atoms with Gasteiger partial charge in [-0.15, -0.1) is 0 Å². The highest BCUT2D eigenvalue weighted by molar-refractivity contribution is 5.90. The summed E-state index contributed by atoms with van der Waals surface area (Å²) in [6, 6.07) is 35.2. The lowest BCUT2D eigenvalue weighted by atomic mass is 9.91. The Bertz CT molecular complexity index is 1640. The minimum Gasteiger partial charge on any atom is -0.465 e. The first-order valence-corrected chi connectivity index (χ1v) is 14.6. The summed E-state index contributed by atoms with van der Waals surface area (Å²) in [6.07, 6.45) is 5.45. The molecule has 5 aromatic rings. The molecule has 1 N–H and O–H groups in total. The van der Waals surface area contributed by atoms with Crippen LogP contribution in [0, 0.1) is 0 Å². The van der Waals surface area contributed by atoms with Crippen molar-refractivity contribution in [3.8, 4) is 22.4 Å². The van der Waals surface area contributed by atoms with Crippen LogP contribution in [0.2, 0.25) is 0 Å². The van der Waals surface area contributed by atoms with Gasteiger partial charge in [-0.25, -0.2) is 0 Å². The van der Waals surface area contributed by atoms with Gasteiger partial charge in [-0.1, -0.05) is 103 Å². The Morgan fingerprint density at radius 2 is 1.49 bits per heavy atom. The van der Waals surface area contributed by atoms with E-state index in [1.807, 2.05) is 37.4 Å². The highest BCUT2D eigenvalue weighted by atomic mass is 16.5. The molecule has 1 unspecified atom stereocenters. The molecule has 0 spiro atoms. The molecule has 0 amide bonds. The molecule has 1 aliphatic rings. The standard InChI is InChI=1S/C37H35NO3/c1-2-41-36(40)37(23-24-37)31-21-19-28(20-22-31)27-15-17-29(18-16-27)35-34(32-13-7-6-12-30(32)25-38-35)33(39)14-8-11-26-9-4-3-5-10-26/h3-7,9-10,12-13,15-22,25,33,39H,2,8,11,14,23-24H2,1H3. The van der Waals surface area contributed by atoms with Gasteiger partial charge in [-0.2, -0.15) is 0 Å². The van der Waals surface area contributed by atoms with Crippen LogP contribution in [0.15, 0.2) is 109 Å². The van der Waals surface area contributed by atoms with Gasteiger partial charge in [0, 0.05) is 22.7 Å². The van der Waals surface area contributed by atoms with Crippen LogP contribution >= 0.6 is 0 Å². The van der Waals surface area contributed by atoms with E-state index in [0.717, 1.165) is 70.0 Å².